The Hall–Kier alpha value is -2.77. The highest BCUT2D eigenvalue weighted by Gasteiger charge is 2.23. The van der Waals surface area contributed by atoms with E-state index in [0.717, 1.165) is 57.2 Å². The molecular formula is C28H44N2O6. The highest BCUT2D eigenvalue weighted by atomic mass is 16.6. The molecule has 0 spiro atoms. The highest BCUT2D eigenvalue weighted by molar-refractivity contribution is 5.70. The van der Waals surface area contributed by atoms with E-state index in [1.807, 2.05) is 51.2 Å². The zero-order chi connectivity index (χ0) is 26.5. The van der Waals surface area contributed by atoms with Gasteiger partial charge in [-0.2, -0.15) is 0 Å². The maximum atomic E-state index is 12.5. The predicted octanol–water partition coefficient (Wildman–Crippen LogP) is 5.49. The number of esters is 1. The van der Waals surface area contributed by atoms with Gasteiger partial charge in [-0.25, -0.2) is 9.59 Å². The average Bonchev–Trinajstić information content (AvgIpc) is 3.38. The van der Waals surface area contributed by atoms with Crippen LogP contribution in [-0.4, -0.2) is 74.0 Å². The quantitative estimate of drug-likeness (QED) is 0.206. The summed E-state index contributed by atoms with van der Waals surface area (Å²) in [5.74, 6) is -0.239. The van der Waals surface area contributed by atoms with Gasteiger partial charge in [-0.1, -0.05) is 44.6 Å². The number of amides is 2. The standard InChI is InChI=1S/C28H44N2O6/c1-21(20-34-28(33)30-18-9-10-19-30)12-11-13-22(2)26-23(3)16-17-24(35-27(32)29(4)5)14-7-6-8-15-25(31)36-26/h11-13,16-17,21,23-24,26H,6-10,14-15,18-20H2,1-5H3/b12-11+,17-16+,22-13+/t21-,23+,24-,26-/m1/s1. The van der Waals surface area contributed by atoms with Crippen molar-refractivity contribution in [2.45, 2.75) is 77.9 Å². The second kappa shape index (κ2) is 15.4. The lowest BCUT2D eigenvalue weighted by Crippen LogP contribution is -2.29. The monoisotopic (exact) mass is 504 g/mol. The van der Waals surface area contributed by atoms with Crippen LogP contribution in [0.25, 0.3) is 0 Å². The molecule has 2 amide bonds. The zero-order valence-electron chi connectivity index (χ0n) is 22.6. The van der Waals surface area contributed by atoms with E-state index in [4.69, 9.17) is 14.2 Å². The number of cyclic esters (lactones) is 1. The Bertz CT molecular complexity index is 813. The fourth-order valence-electron chi connectivity index (χ4n) is 4.18. The summed E-state index contributed by atoms with van der Waals surface area (Å²) < 4.78 is 16.9. The molecule has 1 fully saturated rings. The molecule has 0 aromatic heterocycles. The molecule has 0 aromatic rings. The van der Waals surface area contributed by atoms with E-state index in [1.165, 1.54) is 4.90 Å². The summed E-state index contributed by atoms with van der Waals surface area (Å²) in [6.07, 6.45) is 14.0. The van der Waals surface area contributed by atoms with Crippen LogP contribution in [0.5, 0.6) is 0 Å². The van der Waals surface area contributed by atoms with Gasteiger partial charge in [-0.15, -0.1) is 0 Å². The van der Waals surface area contributed by atoms with Crippen LogP contribution in [0.4, 0.5) is 9.59 Å². The molecular weight excluding hydrogens is 460 g/mol. The Kier molecular flexibility index (Phi) is 12.6. The van der Waals surface area contributed by atoms with Crippen LogP contribution in [0, 0.1) is 11.8 Å². The Morgan fingerprint density at radius 2 is 1.89 bits per heavy atom. The number of hydrogen-bond donors (Lipinski definition) is 0. The van der Waals surface area contributed by atoms with Crippen molar-refractivity contribution in [2.75, 3.05) is 33.8 Å². The van der Waals surface area contributed by atoms with Crippen LogP contribution >= 0.6 is 0 Å². The minimum atomic E-state index is -0.425. The van der Waals surface area contributed by atoms with Gasteiger partial charge in [0.2, 0.25) is 0 Å². The Balaban J connectivity index is 2.02. The van der Waals surface area contributed by atoms with Crippen molar-refractivity contribution in [1.29, 1.82) is 0 Å². The third-order valence-electron chi connectivity index (χ3n) is 6.43. The van der Waals surface area contributed by atoms with Gasteiger partial charge in [0.15, 0.2) is 0 Å². The van der Waals surface area contributed by atoms with Crippen LogP contribution < -0.4 is 0 Å². The van der Waals surface area contributed by atoms with Crippen molar-refractivity contribution < 1.29 is 28.6 Å². The molecule has 2 heterocycles. The summed E-state index contributed by atoms with van der Waals surface area (Å²) in [5, 5.41) is 0. The molecule has 0 aromatic carbocycles. The van der Waals surface area contributed by atoms with Crippen LogP contribution in [0.2, 0.25) is 0 Å². The fourth-order valence-corrected chi connectivity index (χ4v) is 4.18. The van der Waals surface area contributed by atoms with Gasteiger partial charge in [0, 0.05) is 45.4 Å². The summed E-state index contributed by atoms with van der Waals surface area (Å²) >= 11 is 0. The normalized spacial score (nSPS) is 25.9. The van der Waals surface area contributed by atoms with E-state index < -0.39 is 6.10 Å². The molecule has 0 N–H and O–H groups in total. The Morgan fingerprint density at radius 1 is 1.17 bits per heavy atom. The molecule has 8 nitrogen and oxygen atoms in total. The molecule has 4 atom stereocenters. The highest BCUT2D eigenvalue weighted by Crippen LogP contribution is 2.22. The molecule has 0 unspecified atom stereocenters. The van der Waals surface area contributed by atoms with E-state index >= 15 is 0 Å². The molecule has 1 saturated heterocycles. The maximum Gasteiger partial charge on any atom is 0.409 e. The van der Waals surface area contributed by atoms with Gasteiger partial charge in [0.25, 0.3) is 0 Å². The number of rotatable bonds is 6. The number of likely N-dealkylation sites (tertiary alicyclic amines) is 1. The van der Waals surface area contributed by atoms with Crippen molar-refractivity contribution in [2.24, 2.45) is 11.8 Å². The molecule has 202 valence electrons. The van der Waals surface area contributed by atoms with E-state index in [0.29, 0.717) is 13.0 Å². The van der Waals surface area contributed by atoms with Crippen molar-refractivity contribution in [3.05, 3.63) is 36.0 Å². The SMILES string of the molecule is C/C(=C\C=C\[C@@H](C)COC(=O)N1CCCC1)[C@H]1OC(=O)CCCCC[C@@H](OC(=O)N(C)C)/C=C/[C@@H]1C. The molecule has 2 aliphatic rings. The molecule has 0 saturated carbocycles. The lowest BCUT2D eigenvalue weighted by atomic mass is 9.95. The number of nitrogens with zero attached hydrogens (tertiary/aromatic N) is 2. The number of ether oxygens (including phenoxy) is 3. The molecule has 36 heavy (non-hydrogen) atoms. The number of carbonyl (C=O) groups excluding carboxylic acids is 3. The van der Waals surface area contributed by atoms with Gasteiger partial charge < -0.3 is 24.0 Å². The van der Waals surface area contributed by atoms with E-state index in [-0.39, 0.29) is 36.1 Å². The smallest absolute Gasteiger partial charge is 0.409 e. The average molecular weight is 505 g/mol. The van der Waals surface area contributed by atoms with Gasteiger partial charge in [-0.3, -0.25) is 4.79 Å². The summed E-state index contributed by atoms with van der Waals surface area (Å²) in [4.78, 5) is 39.8. The lowest BCUT2D eigenvalue weighted by Gasteiger charge is -2.25. The van der Waals surface area contributed by atoms with Gasteiger partial charge in [0.1, 0.15) is 12.2 Å². The topological polar surface area (TPSA) is 85.4 Å². The van der Waals surface area contributed by atoms with E-state index in [1.54, 1.807) is 19.0 Å². The maximum absolute atomic E-state index is 12.5. The van der Waals surface area contributed by atoms with Crippen LogP contribution in [0.15, 0.2) is 36.0 Å². The first kappa shape index (κ1) is 29.5. The van der Waals surface area contributed by atoms with Gasteiger partial charge in [-0.05, 0) is 50.7 Å². The Morgan fingerprint density at radius 3 is 2.58 bits per heavy atom. The summed E-state index contributed by atoms with van der Waals surface area (Å²) in [6, 6.07) is 0. The summed E-state index contributed by atoms with van der Waals surface area (Å²) in [7, 11) is 3.33. The number of allylic oxidation sites excluding steroid dienone is 2. The van der Waals surface area contributed by atoms with Gasteiger partial charge >= 0.3 is 18.2 Å². The molecule has 0 radical (unpaired) electrons. The zero-order valence-corrected chi connectivity index (χ0v) is 22.6. The predicted molar refractivity (Wildman–Crippen MR) is 139 cm³/mol. The third-order valence-corrected chi connectivity index (χ3v) is 6.43. The van der Waals surface area contributed by atoms with Crippen LogP contribution in [0.3, 0.4) is 0 Å². The van der Waals surface area contributed by atoms with Crippen molar-refractivity contribution >= 4 is 18.2 Å². The minimum absolute atomic E-state index is 0.0592. The van der Waals surface area contributed by atoms with Gasteiger partial charge in [0.05, 0.1) is 6.61 Å². The van der Waals surface area contributed by atoms with Crippen molar-refractivity contribution in [3.8, 4) is 0 Å². The molecule has 0 bridgehead atoms. The second-order valence-electron chi connectivity index (χ2n) is 10.1. The first-order valence-corrected chi connectivity index (χ1v) is 13.2. The number of carbonyl (C=O) groups is 3. The molecule has 2 aliphatic heterocycles. The van der Waals surface area contributed by atoms with E-state index in [9.17, 15) is 14.4 Å². The molecule has 2 rings (SSSR count). The fraction of sp³-hybridized carbons (Fsp3) is 0.679. The number of hydrogen-bond acceptors (Lipinski definition) is 6. The first-order valence-electron chi connectivity index (χ1n) is 13.2. The first-order chi connectivity index (χ1) is 17.2. The third kappa shape index (κ3) is 10.5. The molecule has 0 aliphatic carbocycles. The van der Waals surface area contributed by atoms with Crippen LogP contribution in [-0.2, 0) is 19.0 Å². The van der Waals surface area contributed by atoms with Crippen molar-refractivity contribution in [1.82, 2.24) is 9.80 Å². The Labute approximate surface area is 216 Å². The minimum Gasteiger partial charge on any atom is -0.457 e. The lowest BCUT2D eigenvalue weighted by molar-refractivity contribution is -0.148. The molecule has 8 heteroatoms. The largest absolute Gasteiger partial charge is 0.457 e. The summed E-state index contributed by atoms with van der Waals surface area (Å²) in [5.41, 5.74) is 0.914. The summed E-state index contributed by atoms with van der Waals surface area (Å²) in [6.45, 7) is 7.80. The van der Waals surface area contributed by atoms with E-state index in [2.05, 4.69) is 0 Å². The van der Waals surface area contributed by atoms with Crippen LogP contribution in [0.1, 0.15) is 65.7 Å². The second-order valence-corrected chi connectivity index (χ2v) is 10.1. The van der Waals surface area contributed by atoms with Crippen molar-refractivity contribution in [3.63, 3.8) is 0 Å².